The first-order chi connectivity index (χ1) is 15.0. The molecule has 0 spiro atoms. The van der Waals surface area contributed by atoms with Gasteiger partial charge in [0.2, 0.25) is 6.41 Å². The zero-order chi connectivity index (χ0) is 22.0. The van der Waals surface area contributed by atoms with Gasteiger partial charge < -0.3 is 15.4 Å². The fraction of sp³-hybridized carbons (Fsp3) is 0.318. The van der Waals surface area contributed by atoms with Gasteiger partial charge in [0.15, 0.2) is 5.82 Å². The quantitative estimate of drug-likeness (QED) is 0.380. The lowest BCUT2D eigenvalue weighted by molar-refractivity contribution is -0.111. The summed E-state index contributed by atoms with van der Waals surface area (Å²) < 4.78 is 20.0. The standard InChI is InChI=1S/C22H23ClFN5O2/c1-3-29(22(7-8-22)27-13-30)11-14-9-15-18(10-19(14)31-2)25-12-26-21(15)28-17-6-4-5-16(23)20(17)24/h4-6,9-10,12-13H,3,7-8,11H2,1-2H3,(H,27,30)(H,25,26,28). The number of ether oxygens (including phenoxy) is 1. The van der Waals surface area contributed by atoms with Crippen LogP contribution >= 0.6 is 11.6 Å². The Balaban J connectivity index is 1.73. The molecule has 1 heterocycles. The number of hydrogen-bond donors (Lipinski definition) is 2. The Kier molecular flexibility index (Phi) is 5.93. The Morgan fingerprint density at radius 3 is 2.81 bits per heavy atom. The SMILES string of the molecule is CCN(Cc1cc2c(Nc3cccc(Cl)c3F)ncnc2cc1OC)C1(NC=O)CC1. The van der Waals surface area contributed by atoms with Crippen LogP contribution in [0.3, 0.4) is 0 Å². The van der Waals surface area contributed by atoms with Crippen LogP contribution in [0.1, 0.15) is 25.3 Å². The summed E-state index contributed by atoms with van der Waals surface area (Å²) in [4.78, 5) is 21.9. The fourth-order valence-corrected chi connectivity index (χ4v) is 4.00. The molecule has 1 aromatic heterocycles. The van der Waals surface area contributed by atoms with Crippen LogP contribution in [0.15, 0.2) is 36.7 Å². The fourth-order valence-electron chi connectivity index (χ4n) is 3.82. The van der Waals surface area contributed by atoms with Crippen LogP contribution in [-0.2, 0) is 11.3 Å². The highest BCUT2D eigenvalue weighted by Gasteiger charge is 2.47. The molecule has 9 heteroatoms. The summed E-state index contributed by atoms with van der Waals surface area (Å²) in [5.74, 6) is 0.606. The van der Waals surface area contributed by atoms with Crippen LogP contribution in [0.2, 0.25) is 5.02 Å². The lowest BCUT2D eigenvalue weighted by atomic mass is 10.1. The highest BCUT2D eigenvalue weighted by molar-refractivity contribution is 6.31. The summed E-state index contributed by atoms with van der Waals surface area (Å²) in [6, 6.07) is 8.54. The molecule has 1 aliphatic carbocycles. The number of fused-ring (bicyclic) bond motifs is 1. The topological polar surface area (TPSA) is 79.4 Å². The van der Waals surface area contributed by atoms with Crippen LogP contribution < -0.4 is 15.4 Å². The van der Waals surface area contributed by atoms with Crippen LogP contribution in [0.5, 0.6) is 5.75 Å². The van der Waals surface area contributed by atoms with Crippen molar-refractivity contribution < 1.29 is 13.9 Å². The van der Waals surface area contributed by atoms with Crippen molar-refractivity contribution in [1.29, 1.82) is 0 Å². The first-order valence-electron chi connectivity index (χ1n) is 10.0. The monoisotopic (exact) mass is 443 g/mol. The summed E-state index contributed by atoms with van der Waals surface area (Å²) in [6.45, 7) is 3.38. The molecule has 0 unspecified atom stereocenters. The maximum Gasteiger partial charge on any atom is 0.208 e. The van der Waals surface area contributed by atoms with Crippen molar-refractivity contribution in [1.82, 2.24) is 20.2 Å². The van der Waals surface area contributed by atoms with Gasteiger partial charge >= 0.3 is 0 Å². The predicted octanol–water partition coefficient (Wildman–Crippen LogP) is 4.23. The number of anilines is 2. The van der Waals surface area contributed by atoms with Crippen molar-refractivity contribution in [2.45, 2.75) is 32.0 Å². The molecule has 0 atom stereocenters. The lowest BCUT2D eigenvalue weighted by Gasteiger charge is -2.31. The van der Waals surface area contributed by atoms with Crippen LogP contribution in [0.4, 0.5) is 15.9 Å². The Morgan fingerprint density at radius 2 is 2.13 bits per heavy atom. The van der Waals surface area contributed by atoms with Gasteiger partial charge in [-0.05, 0) is 37.6 Å². The molecule has 162 valence electrons. The molecular formula is C22H23ClFN5O2. The number of hydrogen-bond acceptors (Lipinski definition) is 6. The second kappa shape index (κ2) is 8.64. The van der Waals surface area contributed by atoms with Crippen molar-refractivity contribution in [3.63, 3.8) is 0 Å². The third-order valence-corrected chi connectivity index (χ3v) is 5.93. The number of amides is 1. The molecule has 2 N–H and O–H groups in total. The highest BCUT2D eigenvalue weighted by Crippen LogP contribution is 2.41. The molecule has 31 heavy (non-hydrogen) atoms. The average molecular weight is 444 g/mol. The van der Waals surface area contributed by atoms with Gasteiger partial charge in [0.1, 0.15) is 17.9 Å². The van der Waals surface area contributed by atoms with E-state index >= 15 is 0 Å². The van der Waals surface area contributed by atoms with Crippen molar-refractivity contribution in [3.05, 3.63) is 53.1 Å². The third-order valence-electron chi connectivity index (χ3n) is 5.64. The van der Waals surface area contributed by atoms with Crippen LogP contribution in [0, 0.1) is 5.82 Å². The molecule has 7 nitrogen and oxygen atoms in total. The summed E-state index contributed by atoms with van der Waals surface area (Å²) >= 11 is 5.91. The van der Waals surface area contributed by atoms with Gasteiger partial charge in [-0.3, -0.25) is 9.69 Å². The zero-order valence-corrected chi connectivity index (χ0v) is 18.0. The minimum Gasteiger partial charge on any atom is -0.496 e. The zero-order valence-electron chi connectivity index (χ0n) is 17.3. The molecule has 3 aromatic rings. The van der Waals surface area contributed by atoms with Crippen LogP contribution in [0.25, 0.3) is 10.9 Å². The van der Waals surface area contributed by atoms with Crippen LogP contribution in [-0.4, -0.2) is 40.6 Å². The van der Waals surface area contributed by atoms with E-state index in [2.05, 4.69) is 32.4 Å². The molecule has 1 fully saturated rings. The number of carbonyl (C=O) groups is 1. The van der Waals surface area contributed by atoms with Gasteiger partial charge in [-0.1, -0.05) is 24.6 Å². The Hall–Kier alpha value is -2.97. The minimum absolute atomic E-state index is 0.0294. The van der Waals surface area contributed by atoms with Gasteiger partial charge in [0.05, 0.1) is 29.0 Å². The van der Waals surface area contributed by atoms with E-state index in [1.807, 2.05) is 12.1 Å². The maximum atomic E-state index is 14.4. The Labute approximate surface area is 184 Å². The van der Waals surface area contributed by atoms with E-state index in [9.17, 15) is 9.18 Å². The Bertz CT molecular complexity index is 1120. The molecule has 1 aliphatic rings. The number of nitrogens with zero attached hydrogens (tertiary/aromatic N) is 3. The molecule has 1 amide bonds. The lowest BCUT2D eigenvalue weighted by Crippen LogP contribution is -2.47. The number of carbonyl (C=O) groups excluding carboxylic acids is 1. The van der Waals surface area contributed by atoms with E-state index in [0.717, 1.165) is 36.7 Å². The highest BCUT2D eigenvalue weighted by atomic mass is 35.5. The summed E-state index contributed by atoms with van der Waals surface area (Å²) in [5.41, 5.74) is 1.50. The van der Waals surface area contributed by atoms with Crippen molar-refractivity contribution >= 4 is 40.4 Å². The number of nitrogens with one attached hydrogen (secondary N) is 2. The normalized spacial score (nSPS) is 14.5. The molecule has 0 aliphatic heterocycles. The van der Waals surface area contributed by atoms with E-state index in [1.54, 1.807) is 19.2 Å². The summed E-state index contributed by atoms with van der Waals surface area (Å²) in [5, 5.41) is 6.73. The van der Waals surface area contributed by atoms with Gasteiger partial charge in [-0.2, -0.15) is 0 Å². The Morgan fingerprint density at radius 1 is 1.32 bits per heavy atom. The molecule has 1 saturated carbocycles. The first kappa shape index (κ1) is 21.3. The molecule has 0 radical (unpaired) electrons. The van der Waals surface area contributed by atoms with Gasteiger partial charge in [0, 0.05) is 23.6 Å². The van der Waals surface area contributed by atoms with Gasteiger partial charge in [-0.15, -0.1) is 0 Å². The molecule has 0 saturated heterocycles. The van der Waals surface area contributed by atoms with Crippen molar-refractivity contribution in [3.8, 4) is 5.75 Å². The second-order valence-corrected chi connectivity index (χ2v) is 7.85. The number of methoxy groups -OCH3 is 1. The van der Waals surface area contributed by atoms with E-state index in [4.69, 9.17) is 16.3 Å². The van der Waals surface area contributed by atoms with Gasteiger partial charge in [0.25, 0.3) is 0 Å². The number of halogens is 2. The minimum atomic E-state index is -0.544. The summed E-state index contributed by atoms with van der Waals surface area (Å²) in [7, 11) is 1.61. The molecule has 0 bridgehead atoms. The number of aromatic nitrogens is 2. The molecule has 2 aromatic carbocycles. The largest absolute Gasteiger partial charge is 0.496 e. The van der Waals surface area contributed by atoms with Crippen molar-refractivity contribution in [2.75, 3.05) is 19.0 Å². The number of benzene rings is 2. The molecular weight excluding hydrogens is 421 g/mol. The van der Waals surface area contributed by atoms with E-state index < -0.39 is 5.82 Å². The van der Waals surface area contributed by atoms with Crippen molar-refractivity contribution in [2.24, 2.45) is 0 Å². The van der Waals surface area contributed by atoms with E-state index in [1.165, 1.54) is 12.4 Å². The number of rotatable bonds is 9. The summed E-state index contributed by atoms with van der Waals surface area (Å²) in [6.07, 6.45) is 3.97. The molecule has 4 rings (SSSR count). The predicted molar refractivity (Wildman–Crippen MR) is 118 cm³/mol. The maximum absolute atomic E-state index is 14.4. The first-order valence-corrected chi connectivity index (χ1v) is 10.4. The third kappa shape index (κ3) is 4.13. The van der Waals surface area contributed by atoms with Gasteiger partial charge in [-0.25, -0.2) is 14.4 Å². The second-order valence-electron chi connectivity index (χ2n) is 7.44. The smallest absolute Gasteiger partial charge is 0.208 e. The van der Waals surface area contributed by atoms with E-state index in [-0.39, 0.29) is 16.4 Å². The van der Waals surface area contributed by atoms with E-state index in [0.29, 0.717) is 23.6 Å². The average Bonchev–Trinajstić information content (AvgIpc) is 3.55.